The Morgan fingerprint density at radius 3 is 2.85 bits per heavy atom. The summed E-state index contributed by atoms with van der Waals surface area (Å²) in [5, 5.41) is 10.8. The van der Waals surface area contributed by atoms with Gasteiger partial charge in [-0.2, -0.15) is 0 Å². The number of halogens is 2. The molecule has 2 N–H and O–H groups in total. The molecule has 0 aliphatic carbocycles. The first-order valence-electron chi connectivity index (χ1n) is 8.75. The average molecular weight is 522 g/mol. The van der Waals surface area contributed by atoms with Crippen LogP contribution in [-0.4, -0.2) is 50.3 Å². The summed E-state index contributed by atoms with van der Waals surface area (Å²) in [7, 11) is 1.78. The van der Waals surface area contributed by atoms with Gasteiger partial charge in [0.05, 0.1) is 11.5 Å². The van der Waals surface area contributed by atoms with Crippen molar-refractivity contribution in [2.75, 3.05) is 38.2 Å². The van der Waals surface area contributed by atoms with Crippen molar-refractivity contribution in [2.45, 2.75) is 18.9 Å². The standard InChI is InChI=1S/C18H24ClN5OS.HI/c1-20-18(22-9-12-25-17-15(19)4-2-8-21-17)23-14-6-10-24(11-7-14)16-5-3-13-26-16;/h2-5,8,13-14H,6-7,9-12H2,1H3,(H2,20,22,23);1H. The number of guanidine groups is 1. The van der Waals surface area contributed by atoms with Gasteiger partial charge in [-0.15, -0.1) is 35.3 Å². The van der Waals surface area contributed by atoms with Gasteiger partial charge in [0.2, 0.25) is 5.88 Å². The number of hydrogen-bond acceptors (Lipinski definition) is 5. The van der Waals surface area contributed by atoms with Gasteiger partial charge in [0.25, 0.3) is 0 Å². The predicted molar refractivity (Wildman–Crippen MR) is 124 cm³/mol. The van der Waals surface area contributed by atoms with E-state index in [9.17, 15) is 0 Å². The van der Waals surface area contributed by atoms with E-state index < -0.39 is 0 Å². The summed E-state index contributed by atoms with van der Waals surface area (Å²) in [6.07, 6.45) is 3.86. The number of anilines is 1. The molecule has 27 heavy (non-hydrogen) atoms. The van der Waals surface area contributed by atoms with Crippen LogP contribution >= 0.6 is 46.9 Å². The zero-order chi connectivity index (χ0) is 18.2. The van der Waals surface area contributed by atoms with E-state index in [2.05, 4.69) is 43.0 Å². The first-order valence-corrected chi connectivity index (χ1v) is 10.0. The first-order chi connectivity index (χ1) is 12.8. The van der Waals surface area contributed by atoms with Crippen LogP contribution < -0.4 is 20.3 Å². The Balaban J connectivity index is 0.00000261. The van der Waals surface area contributed by atoms with Crippen molar-refractivity contribution in [3.63, 3.8) is 0 Å². The van der Waals surface area contributed by atoms with Crippen molar-refractivity contribution >= 4 is 57.9 Å². The molecule has 3 heterocycles. The summed E-state index contributed by atoms with van der Waals surface area (Å²) in [6, 6.07) is 8.27. The van der Waals surface area contributed by atoms with Gasteiger partial charge in [-0.25, -0.2) is 4.98 Å². The molecule has 9 heteroatoms. The smallest absolute Gasteiger partial charge is 0.232 e. The summed E-state index contributed by atoms with van der Waals surface area (Å²) in [6.45, 7) is 3.22. The molecule has 0 bridgehead atoms. The highest BCUT2D eigenvalue weighted by Gasteiger charge is 2.20. The highest BCUT2D eigenvalue weighted by molar-refractivity contribution is 14.0. The Morgan fingerprint density at radius 2 is 2.19 bits per heavy atom. The Bertz CT molecular complexity index is 708. The van der Waals surface area contributed by atoms with Gasteiger partial charge in [0.15, 0.2) is 5.96 Å². The van der Waals surface area contributed by atoms with Crippen LogP contribution in [0.15, 0.2) is 40.8 Å². The maximum Gasteiger partial charge on any atom is 0.232 e. The Labute approximate surface area is 186 Å². The van der Waals surface area contributed by atoms with E-state index in [-0.39, 0.29) is 24.0 Å². The lowest BCUT2D eigenvalue weighted by molar-refractivity contribution is 0.309. The van der Waals surface area contributed by atoms with Crippen molar-refractivity contribution in [2.24, 2.45) is 4.99 Å². The Hall–Kier alpha value is -1.26. The quantitative estimate of drug-likeness (QED) is 0.263. The predicted octanol–water partition coefficient (Wildman–Crippen LogP) is 3.63. The third-order valence-corrected chi connectivity index (χ3v) is 5.45. The largest absolute Gasteiger partial charge is 0.475 e. The lowest BCUT2D eigenvalue weighted by atomic mass is 10.1. The number of thiophene rings is 1. The number of hydrogen-bond donors (Lipinski definition) is 2. The van der Waals surface area contributed by atoms with Crippen LogP contribution in [0, 0.1) is 0 Å². The molecule has 6 nitrogen and oxygen atoms in total. The maximum atomic E-state index is 6.02. The number of pyridine rings is 1. The van der Waals surface area contributed by atoms with E-state index in [1.54, 1.807) is 36.7 Å². The monoisotopic (exact) mass is 521 g/mol. The lowest BCUT2D eigenvalue weighted by Crippen LogP contribution is -2.49. The number of nitrogens with zero attached hydrogens (tertiary/aromatic N) is 3. The van der Waals surface area contributed by atoms with Gasteiger partial charge in [-0.05, 0) is 42.5 Å². The SMILES string of the molecule is CN=C(NCCOc1ncccc1Cl)NC1CCN(c2cccs2)CC1.I. The minimum Gasteiger partial charge on any atom is -0.475 e. The third-order valence-electron chi connectivity index (χ3n) is 4.24. The summed E-state index contributed by atoms with van der Waals surface area (Å²) in [5.74, 6) is 1.26. The molecule has 148 valence electrons. The molecule has 0 unspecified atom stereocenters. The zero-order valence-electron chi connectivity index (χ0n) is 15.2. The first kappa shape index (κ1) is 22.0. The molecule has 0 spiro atoms. The minimum atomic E-state index is 0. The van der Waals surface area contributed by atoms with E-state index in [0.29, 0.717) is 30.1 Å². The number of piperidine rings is 1. The van der Waals surface area contributed by atoms with Crippen molar-refractivity contribution in [1.29, 1.82) is 0 Å². The van der Waals surface area contributed by atoms with Crippen LogP contribution in [0.25, 0.3) is 0 Å². The molecule has 0 atom stereocenters. The van der Waals surface area contributed by atoms with E-state index in [0.717, 1.165) is 31.9 Å². The molecule has 0 saturated carbocycles. The lowest BCUT2D eigenvalue weighted by Gasteiger charge is -2.33. The zero-order valence-corrected chi connectivity index (χ0v) is 19.1. The molecule has 2 aromatic heterocycles. The van der Waals surface area contributed by atoms with Crippen molar-refractivity contribution in [3.8, 4) is 5.88 Å². The molecule has 0 amide bonds. The van der Waals surface area contributed by atoms with Crippen molar-refractivity contribution in [1.82, 2.24) is 15.6 Å². The summed E-state index contributed by atoms with van der Waals surface area (Å²) < 4.78 is 5.58. The van der Waals surface area contributed by atoms with Crippen molar-refractivity contribution in [3.05, 3.63) is 40.9 Å². The fourth-order valence-electron chi connectivity index (χ4n) is 2.88. The Morgan fingerprint density at radius 1 is 1.37 bits per heavy atom. The van der Waals surface area contributed by atoms with Crippen LogP contribution in [0.3, 0.4) is 0 Å². The summed E-state index contributed by atoms with van der Waals surface area (Å²) in [5.41, 5.74) is 0. The molecule has 1 aliphatic heterocycles. The van der Waals surface area contributed by atoms with Gasteiger partial charge in [0, 0.05) is 32.4 Å². The van der Waals surface area contributed by atoms with E-state index >= 15 is 0 Å². The number of nitrogens with one attached hydrogen (secondary N) is 2. The normalized spacial score (nSPS) is 15.2. The van der Waals surface area contributed by atoms with Gasteiger partial charge < -0.3 is 20.3 Å². The molecule has 0 radical (unpaired) electrons. The van der Waals surface area contributed by atoms with Crippen LogP contribution in [0.2, 0.25) is 5.02 Å². The molecule has 1 saturated heterocycles. The molecule has 3 rings (SSSR count). The van der Waals surface area contributed by atoms with Gasteiger partial charge in [0.1, 0.15) is 11.6 Å². The highest BCUT2D eigenvalue weighted by Crippen LogP contribution is 2.24. The average Bonchev–Trinajstić information content (AvgIpc) is 3.21. The van der Waals surface area contributed by atoms with Crippen LogP contribution in [0.4, 0.5) is 5.00 Å². The second-order valence-electron chi connectivity index (χ2n) is 5.99. The third kappa shape index (κ3) is 6.69. The van der Waals surface area contributed by atoms with Gasteiger partial charge >= 0.3 is 0 Å². The summed E-state index contributed by atoms with van der Waals surface area (Å²) in [4.78, 5) is 10.9. The minimum absolute atomic E-state index is 0. The topological polar surface area (TPSA) is 61.8 Å². The fourth-order valence-corrected chi connectivity index (χ4v) is 3.84. The highest BCUT2D eigenvalue weighted by atomic mass is 127. The molecular formula is C18H25ClIN5OS. The maximum absolute atomic E-state index is 6.02. The number of aliphatic imine (C=N–C) groups is 1. The van der Waals surface area contributed by atoms with Crippen LogP contribution in [0.5, 0.6) is 5.88 Å². The fraction of sp³-hybridized carbons (Fsp3) is 0.444. The second kappa shape index (κ2) is 11.6. The summed E-state index contributed by atoms with van der Waals surface area (Å²) >= 11 is 7.83. The Kier molecular flexibility index (Phi) is 9.43. The van der Waals surface area contributed by atoms with Crippen molar-refractivity contribution < 1.29 is 4.74 Å². The molecule has 0 aromatic carbocycles. The van der Waals surface area contributed by atoms with Gasteiger partial charge in [-0.3, -0.25) is 4.99 Å². The number of ether oxygens (including phenoxy) is 1. The molecule has 1 fully saturated rings. The molecular weight excluding hydrogens is 497 g/mol. The van der Waals surface area contributed by atoms with E-state index in [4.69, 9.17) is 16.3 Å². The van der Waals surface area contributed by atoms with E-state index in [1.165, 1.54) is 5.00 Å². The second-order valence-corrected chi connectivity index (χ2v) is 7.33. The van der Waals surface area contributed by atoms with E-state index in [1.807, 2.05) is 0 Å². The van der Waals surface area contributed by atoms with Crippen LogP contribution in [0.1, 0.15) is 12.8 Å². The number of aromatic nitrogens is 1. The molecule has 1 aliphatic rings. The number of rotatable bonds is 6. The van der Waals surface area contributed by atoms with Gasteiger partial charge in [-0.1, -0.05) is 11.6 Å². The molecule has 2 aromatic rings. The van der Waals surface area contributed by atoms with Crippen LogP contribution in [-0.2, 0) is 0 Å².